The number of hydrogen-bond acceptors (Lipinski definition) is 7. The van der Waals surface area contributed by atoms with Crippen LogP contribution in [0, 0.1) is 0 Å². The predicted molar refractivity (Wildman–Crippen MR) is 73.8 cm³/mol. The Morgan fingerprint density at radius 2 is 2.33 bits per heavy atom. The van der Waals surface area contributed by atoms with Crippen molar-refractivity contribution in [3.05, 3.63) is 0 Å². The van der Waals surface area contributed by atoms with E-state index < -0.39 is 9.84 Å². The van der Waals surface area contributed by atoms with Crippen LogP contribution in [0.3, 0.4) is 0 Å². The number of rotatable bonds is 4. The Hall–Kier alpha value is -0.860. The summed E-state index contributed by atoms with van der Waals surface area (Å²) in [6.45, 7) is 3.53. The third-order valence-corrected chi connectivity index (χ3v) is 5.81. The molecule has 0 saturated carbocycles. The van der Waals surface area contributed by atoms with Gasteiger partial charge in [-0.25, -0.2) is 8.42 Å². The van der Waals surface area contributed by atoms with E-state index in [2.05, 4.69) is 14.6 Å². The SMILES string of the molecule is CCS(=O)(=O)c1c(N)nsc1NC1CCN(C)C1. The van der Waals surface area contributed by atoms with Crippen molar-refractivity contribution in [2.75, 3.05) is 36.9 Å². The van der Waals surface area contributed by atoms with Gasteiger partial charge in [0.1, 0.15) is 9.90 Å². The van der Waals surface area contributed by atoms with Gasteiger partial charge in [0.25, 0.3) is 0 Å². The molecule has 102 valence electrons. The second kappa shape index (κ2) is 5.02. The molecule has 0 bridgehead atoms. The first kappa shape index (κ1) is 13.6. The largest absolute Gasteiger partial charge is 0.382 e. The molecule has 1 aliphatic heterocycles. The van der Waals surface area contributed by atoms with Crippen LogP contribution in [0.25, 0.3) is 0 Å². The molecule has 0 aromatic carbocycles. The highest BCUT2D eigenvalue weighted by atomic mass is 32.2. The van der Waals surface area contributed by atoms with Gasteiger partial charge in [-0.2, -0.15) is 4.37 Å². The molecule has 1 unspecified atom stereocenters. The van der Waals surface area contributed by atoms with Gasteiger partial charge in [-0.3, -0.25) is 0 Å². The summed E-state index contributed by atoms with van der Waals surface area (Å²) in [6.07, 6.45) is 1.000. The van der Waals surface area contributed by atoms with E-state index >= 15 is 0 Å². The molecule has 1 saturated heterocycles. The summed E-state index contributed by atoms with van der Waals surface area (Å²) in [4.78, 5) is 2.38. The lowest BCUT2D eigenvalue weighted by Crippen LogP contribution is -2.24. The van der Waals surface area contributed by atoms with Gasteiger partial charge in [-0.1, -0.05) is 6.92 Å². The van der Waals surface area contributed by atoms with Crippen molar-refractivity contribution in [3.63, 3.8) is 0 Å². The Balaban J connectivity index is 2.24. The van der Waals surface area contributed by atoms with Crippen molar-refractivity contribution in [1.82, 2.24) is 9.27 Å². The van der Waals surface area contributed by atoms with E-state index in [-0.39, 0.29) is 22.5 Å². The maximum atomic E-state index is 12.0. The number of nitrogens with one attached hydrogen (secondary N) is 1. The summed E-state index contributed by atoms with van der Waals surface area (Å²) < 4.78 is 27.9. The molecule has 0 amide bonds. The quantitative estimate of drug-likeness (QED) is 0.846. The number of hydrogen-bond donors (Lipinski definition) is 2. The minimum absolute atomic E-state index is 0.0366. The molecule has 0 spiro atoms. The van der Waals surface area contributed by atoms with Gasteiger partial charge in [0, 0.05) is 12.6 Å². The van der Waals surface area contributed by atoms with Crippen LogP contribution in [0.1, 0.15) is 13.3 Å². The standard InChI is InChI=1S/C10H18N4O2S2/c1-3-18(15,16)8-9(11)13-17-10(8)12-7-4-5-14(2)6-7/h7,12H,3-6H2,1-2H3,(H2,11,13). The number of likely N-dealkylation sites (tertiary alicyclic amines) is 1. The second-order valence-corrected chi connectivity index (χ2v) is 7.51. The molecule has 1 aromatic rings. The summed E-state index contributed by atoms with van der Waals surface area (Å²) in [6, 6.07) is 0.264. The van der Waals surface area contributed by atoms with E-state index in [1.54, 1.807) is 6.92 Å². The number of anilines is 2. The zero-order chi connectivity index (χ0) is 13.3. The average molecular weight is 290 g/mol. The van der Waals surface area contributed by atoms with Crippen molar-refractivity contribution in [2.45, 2.75) is 24.3 Å². The fraction of sp³-hybridized carbons (Fsp3) is 0.700. The van der Waals surface area contributed by atoms with Crippen LogP contribution in [0.4, 0.5) is 10.8 Å². The van der Waals surface area contributed by atoms with Crippen molar-refractivity contribution < 1.29 is 8.42 Å². The van der Waals surface area contributed by atoms with Crippen LogP contribution in [-0.4, -0.2) is 49.6 Å². The molecule has 1 fully saturated rings. The Bertz CT molecular complexity index is 526. The average Bonchev–Trinajstić information content (AvgIpc) is 2.86. The minimum Gasteiger partial charge on any atom is -0.382 e. The first-order chi connectivity index (χ1) is 8.44. The predicted octanol–water partition coefficient (Wildman–Crippen LogP) is 0.635. The number of nitrogens with zero attached hydrogens (tertiary/aromatic N) is 2. The minimum atomic E-state index is -3.32. The maximum absolute atomic E-state index is 12.0. The number of aromatic nitrogens is 1. The van der Waals surface area contributed by atoms with Gasteiger partial charge in [-0.15, -0.1) is 0 Å². The molecule has 0 radical (unpaired) electrons. The summed E-state index contributed by atoms with van der Waals surface area (Å²) in [5.74, 6) is 0.144. The van der Waals surface area contributed by atoms with E-state index in [1.807, 2.05) is 7.05 Å². The van der Waals surface area contributed by atoms with Crippen molar-refractivity contribution >= 4 is 32.2 Å². The van der Waals surface area contributed by atoms with Gasteiger partial charge in [0.15, 0.2) is 15.7 Å². The normalized spacial score (nSPS) is 21.3. The Labute approximate surface area is 111 Å². The zero-order valence-corrected chi connectivity index (χ0v) is 12.1. The van der Waals surface area contributed by atoms with Gasteiger partial charge in [-0.05, 0) is 31.5 Å². The van der Waals surface area contributed by atoms with E-state index in [4.69, 9.17) is 5.73 Å². The van der Waals surface area contributed by atoms with Crippen LogP contribution in [0.2, 0.25) is 0 Å². The summed E-state index contributed by atoms with van der Waals surface area (Å²) in [5.41, 5.74) is 5.67. The molecule has 3 N–H and O–H groups in total. The van der Waals surface area contributed by atoms with E-state index in [1.165, 1.54) is 0 Å². The Morgan fingerprint density at radius 3 is 2.89 bits per heavy atom. The molecule has 2 rings (SSSR count). The van der Waals surface area contributed by atoms with Crippen molar-refractivity contribution in [2.24, 2.45) is 0 Å². The topological polar surface area (TPSA) is 88.3 Å². The van der Waals surface area contributed by atoms with E-state index in [0.29, 0.717) is 5.00 Å². The number of likely N-dealkylation sites (N-methyl/N-ethyl adjacent to an activating group) is 1. The number of nitrogens with two attached hydrogens (primary N) is 1. The smallest absolute Gasteiger partial charge is 0.184 e. The zero-order valence-electron chi connectivity index (χ0n) is 10.5. The van der Waals surface area contributed by atoms with Gasteiger partial charge in [0.05, 0.1) is 5.75 Å². The van der Waals surface area contributed by atoms with Crippen LogP contribution in [-0.2, 0) is 9.84 Å². The van der Waals surface area contributed by atoms with Crippen LogP contribution >= 0.6 is 11.5 Å². The first-order valence-electron chi connectivity index (χ1n) is 5.87. The molecular formula is C10H18N4O2S2. The third kappa shape index (κ3) is 2.60. The van der Waals surface area contributed by atoms with Gasteiger partial charge < -0.3 is 16.0 Å². The van der Waals surface area contributed by atoms with E-state index in [9.17, 15) is 8.42 Å². The van der Waals surface area contributed by atoms with Crippen LogP contribution in [0.15, 0.2) is 4.90 Å². The highest BCUT2D eigenvalue weighted by Gasteiger charge is 2.27. The van der Waals surface area contributed by atoms with Crippen molar-refractivity contribution in [1.29, 1.82) is 0 Å². The summed E-state index contributed by atoms with van der Waals surface area (Å²) >= 11 is 1.12. The molecule has 2 heterocycles. The lowest BCUT2D eigenvalue weighted by molar-refractivity contribution is 0.414. The molecule has 18 heavy (non-hydrogen) atoms. The highest BCUT2D eigenvalue weighted by Crippen LogP contribution is 2.33. The lowest BCUT2D eigenvalue weighted by Gasteiger charge is -2.13. The Kier molecular flexibility index (Phi) is 3.79. The molecular weight excluding hydrogens is 272 g/mol. The molecule has 1 aromatic heterocycles. The molecule has 1 atom stereocenters. The van der Waals surface area contributed by atoms with Crippen molar-refractivity contribution in [3.8, 4) is 0 Å². The number of sulfone groups is 1. The third-order valence-electron chi connectivity index (χ3n) is 3.09. The maximum Gasteiger partial charge on any atom is 0.184 e. The fourth-order valence-corrected chi connectivity index (χ4v) is 4.30. The summed E-state index contributed by atoms with van der Waals surface area (Å²) in [5, 5.41) is 3.83. The molecule has 6 nitrogen and oxygen atoms in total. The van der Waals surface area contributed by atoms with Gasteiger partial charge in [0.2, 0.25) is 0 Å². The Morgan fingerprint density at radius 1 is 1.61 bits per heavy atom. The fourth-order valence-electron chi connectivity index (χ4n) is 2.07. The molecule has 8 heteroatoms. The van der Waals surface area contributed by atoms with Crippen LogP contribution < -0.4 is 11.1 Å². The number of nitrogen functional groups attached to an aromatic ring is 1. The first-order valence-corrected chi connectivity index (χ1v) is 8.29. The van der Waals surface area contributed by atoms with Gasteiger partial charge >= 0.3 is 0 Å². The van der Waals surface area contributed by atoms with E-state index in [0.717, 1.165) is 31.0 Å². The highest BCUT2D eigenvalue weighted by molar-refractivity contribution is 7.91. The monoisotopic (exact) mass is 290 g/mol. The van der Waals surface area contributed by atoms with Crippen LogP contribution in [0.5, 0.6) is 0 Å². The molecule has 0 aliphatic carbocycles. The second-order valence-electron chi connectivity index (χ2n) is 4.52. The lowest BCUT2D eigenvalue weighted by atomic mass is 10.3. The molecule has 1 aliphatic rings. The summed E-state index contributed by atoms with van der Waals surface area (Å²) in [7, 11) is -1.28.